The number of sulfonamides is 1. The molecule has 0 bridgehead atoms. The van der Waals surface area contributed by atoms with E-state index in [0.717, 1.165) is 21.0 Å². The number of aryl methyl sites for hydroxylation is 2. The van der Waals surface area contributed by atoms with E-state index in [1.165, 1.54) is 26.3 Å². The third-order valence-corrected chi connectivity index (χ3v) is 6.92. The number of pyridine rings is 1. The number of benzene rings is 2. The van der Waals surface area contributed by atoms with Crippen molar-refractivity contribution in [3.63, 3.8) is 0 Å². The lowest BCUT2D eigenvalue weighted by molar-refractivity contribution is 0.0600. The number of anilines is 1. The molecule has 1 heterocycles. The van der Waals surface area contributed by atoms with E-state index >= 15 is 0 Å². The van der Waals surface area contributed by atoms with Crippen molar-refractivity contribution in [2.45, 2.75) is 38.6 Å². The second-order valence-electron chi connectivity index (χ2n) is 7.87. The molecule has 3 aromatic rings. The molecular formula is C25H27FN2O5S. The Morgan fingerprint density at radius 2 is 1.76 bits per heavy atom. The Kier molecular flexibility index (Phi) is 7.88. The second kappa shape index (κ2) is 10.6. The molecule has 0 radical (unpaired) electrons. The summed E-state index contributed by atoms with van der Waals surface area (Å²) in [5.41, 5.74) is 3.11. The average molecular weight is 487 g/mol. The van der Waals surface area contributed by atoms with E-state index < -0.39 is 28.7 Å². The van der Waals surface area contributed by atoms with Gasteiger partial charge in [-0.15, -0.1) is 0 Å². The van der Waals surface area contributed by atoms with Crippen molar-refractivity contribution in [2.75, 3.05) is 18.0 Å². The van der Waals surface area contributed by atoms with Crippen LogP contribution in [0.3, 0.4) is 0 Å². The topological polar surface area (TPSA) is 85.8 Å². The number of hydrogen-bond acceptors (Lipinski definition) is 6. The second-order valence-corrected chi connectivity index (χ2v) is 9.68. The Balaban J connectivity index is 1.99. The first kappa shape index (κ1) is 25.2. The summed E-state index contributed by atoms with van der Waals surface area (Å²) in [6.45, 7) is 4.74. The maximum Gasteiger partial charge on any atom is 0.337 e. The number of hydrogen-bond donors (Lipinski definition) is 0. The minimum Gasteiger partial charge on any atom is -0.487 e. The van der Waals surface area contributed by atoms with E-state index in [0.29, 0.717) is 11.3 Å². The number of aromatic nitrogens is 1. The highest BCUT2D eigenvalue weighted by atomic mass is 32.2. The van der Waals surface area contributed by atoms with E-state index in [4.69, 9.17) is 9.47 Å². The maximum absolute atomic E-state index is 14.2. The Bertz CT molecular complexity index is 1250. The molecule has 0 spiro atoms. The highest BCUT2D eigenvalue weighted by Crippen LogP contribution is 2.35. The number of carbonyl (C=O) groups excluding carboxylic acids is 1. The molecule has 2 aromatic carbocycles. The highest BCUT2D eigenvalue weighted by molar-refractivity contribution is 7.92. The third-order valence-electron chi connectivity index (χ3n) is 5.22. The molecule has 34 heavy (non-hydrogen) atoms. The van der Waals surface area contributed by atoms with Crippen LogP contribution in [0.2, 0.25) is 0 Å². The number of rotatable bonds is 9. The van der Waals surface area contributed by atoms with Crippen molar-refractivity contribution in [2.24, 2.45) is 0 Å². The molecule has 0 aliphatic rings. The number of halogens is 1. The van der Waals surface area contributed by atoms with Crippen molar-refractivity contribution >= 4 is 21.7 Å². The highest BCUT2D eigenvalue weighted by Gasteiger charge is 2.30. The summed E-state index contributed by atoms with van der Waals surface area (Å²) in [5, 5.41) is -0.182. The number of esters is 1. The molecule has 7 nitrogen and oxygen atoms in total. The molecule has 0 aliphatic carbocycles. The van der Waals surface area contributed by atoms with Crippen LogP contribution in [0.5, 0.6) is 5.75 Å². The van der Waals surface area contributed by atoms with Gasteiger partial charge in [0.1, 0.15) is 18.5 Å². The normalized spacial score (nSPS) is 12.1. The van der Waals surface area contributed by atoms with Gasteiger partial charge in [0.2, 0.25) is 0 Å². The summed E-state index contributed by atoms with van der Waals surface area (Å²) < 4.78 is 52.7. The molecule has 0 amide bonds. The minimum atomic E-state index is -4.15. The van der Waals surface area contributed by atoms with Crippen LogP contribution in [-0.2, 0) is 21.4 Å². The van der Waals surface area contributed by atoms with E-state index in [9.17, 15) is 17.6 Å². The smallest absolute Gasteiger partial charge is 0.337 e. The lowest BCUT2D eigenvalue weighted by Gasteiger charge is -2.27. The van der Waals surface area contributed by atoms with Gasteiger partial charge in [0.25, 0.3) is 10.0 Å². The van der Waals surface area contributed by atoms with Gasteiger partial charge in [-0.25, -0.2) is 14.2 Å². The number of nitrogens with zero attached hydrogens (tertiary/aromatic N) is 2. The van der Waals surface area contributed by atoms with Gasteiger partial charge in [0, 0.05) is 6.20 Å². The Labute approximate surface area is 199 Å². The number of methoxy groups -OCH3 is 1. The van der Waals surface area contributed by atoms with Crippen LogP contribution >= 0.6 is 0 Å². The quantitative estimate of drug-likeness (QED) is 0.411. The zero-order valence-electron chi connectivity index (χ0n) is 19.5. The fourth-order valence-electron chi connectivity index (χ4n) is 3.27. The van der Waals surface area contributed by atoms with Gasteiger partial charge < -0.3 is 9.47 Å². The zero-order valence-corrected chi connectivity index (χ0v) is 20.3. The summed E-state index contributed by atoms with van der Waals surface area (Å²) in [5.74, 6) is -0.153. The zero-order chi connectivity index (χ0) is 24.9. The molecular weight excluding hydrogens is 459 g/mol. The van der Waals surface area contributed by atoms with E-state index in [-0.39, 0.29) is 17.3 Å². The Morgan fingerprint density at radius 3 is 2.35 bits per heavy atom. The fraction of sp³-hybridized carbons (Fsp3) is 0.280. The standard InChI is InChI=1S/C25H27FN2O5S/c1-17-13-22(28(15-19(3)26)34(30,31)24-7-5-6-12-27-24)23(14-18(17)2)33-16-20-8-10-21(11-9-20)25(29)32-4/h5-14,19H,15-16H2,1-4H3/t19-/m0/s1. The van der Waals surface area contributed by atoms with E-state index in [2.05, 4.69) is 4.98 Å². The van der Waals surface area contributed by atoms with E-state index in [1.807, 2.05) is 13.8 Å². The molecule has 1 aromatic heterocycles. The van der Waals surface area contributed by atoms with Crippen molar-refractivity contribution in [3.05, 3.63) is 83.0 Å². The first-order valence-corrected chi connectivity index (χ1v) is 12.1. The van der Waals surface area contributed by atoms with Gasteiger partial charge in [0.15, 0.2) is 5.03 Å². The Hall–Kier alpha value is -3.46. The lowest BCUT2D eigenvalue weighted by Crippen LogP contribution is -2.36. The monoisotopic (exact) mass is 486 g/mol. The van der Waals surface area contributed by atoms with Gasteiger partial charge in [-0.3, -0.25) is 4.31 Å². The fourth-order valence-corrected chi connectivity index (χ4v) is 4.74. The van der Waals surface area contributed by atoms with Crippen LogP contribution in [-0.4, -0.2) is 39.2 Å². The summed E-state index contributed by atoms with van der Waals surface area (Å²) in [4.78, 5) is 15.6. The van der Waals surface area contributed by atoms with Gasteiger partial charge in [0.05, 0.1) is 24.9 Å². The SMILES string of the molecule is COC(=O)c1ccc(COc2cc(C)c(C)cc2N(C[C@H](C)F)S(=O)(=O)c2ccccn2)cc1. The molecule has 0 fully saturated rings. The van der Waals surface area contributed by atoms with Crippen LogP contribution in [0.1, 0.15) is 34.0 Å². The molecule has 9 heteroatoms. The maximum atomic E-state index is 14.2. The molecule has 1 atom stereocenters. The third kappa shape index (κ3) is 5.72. The first-order valence-electron chi connectivity index (χ1n) is 10.6. The molecule has 0 N–H and O–H groups in total. The summed E-state index contributed by atoms with van der Waals surface area (Å²) in [6.07, 6.45) is -0.0569. The molecule has 3 rings (SSSR count). The minimum absolute atomic E-state index is 0.111. The molecule has 0 saturated carbocycles. The predicted molar refractivity (Wildman–Crippen MR) is 127 cm³/mol. The van der Waals surface area contributed by atoms with Gasteiger partial charge in [-0.05, 0) is 73.9 Å². The summed E-state index contributed by atoms with van der Waals surface area (Å²) in [6, 6.07) is 14.6. The average Bonchev–Trinajstić information content (AvgIpc) is 2.83. The Morgan fingerprint density at radius 1 is 1.09 bits per heavy atom. The number of carbonyl (C=O) groups is 1. The van der Waals surface area contributed by atoms with E-state index in [1.54, 1.807) is 48.5 Å². The van der Waals surface area contributed by atoms with Crippen LogP contribution in [0, 0.1) is 13.8 Å². The summed E-state index contributed by atoms with van der Waals surface area (Å²) >= 11 is 0. The van der Waals surface area contributed by atoms with Gasteiger partial charge in [-0.2, -0.15) is 8.42 Å². The lowest BCUT2D eigenvalue weighted by atomic mass is 10.1. The molecule has 0 saturated heterocycles. The number of ether oxygens (including phenoxy) is 2. The number of alkyl halides is 1. The first-order chi connectivity index (χ1) is 16.1. The van der Waals surface area contributed by atoms with Crippen LogP contribution in [0.15, 0.2) is 65.8 Å². The predicted octanol–water partition coefficient (Wildman–Crippen LogP) is 4.62. The van der Waals surface area contributed by atoms with Crippen molar-refractivity contribution in [1.29, 1.82) is 0 Å². The van der Waals surface area contributed by atoms with Crippen LogP contribution < -0.4 is 9.04 Å². The molecule has 0 unspecified atom stereocenters. The van der Waals surface area contributed by atoms with Crippen LogP contribution in [0.25, 0.3) is 0 Å². The van der Waals surface area contributed by atoms with Gasteiger partial charge >= 0.3 is 5.97 Å². The largest absolute Gasteiger partial charge is 0.487 e. The molecule has 180 valence electrons. The van der Waals surface area contributed by atoms with Crippen molar-refractivity contribution < 1.29 is 27.1 Å². The van der Waals surface area contributed by atoms with Crippen molar-refractivity contribution in [1.82, 2.24) is 4.98 Å². The van der Waals surface area contributed by atoms with Gasteiger partial charge in [-0.1, -0.05) is 18.2 Å². The van der Waals surface area contributed by atoms with Crippen LogP contribution in [0.4, 0.5) is 10.1 Å². The van der Waals surface area contributed by atoms with Crippen molar-refractivity contribution in [3.8, 4) is 5.75 Å². The molecule has 0 aliphatic heterocycles. The summed E-state index contributed by atoms with van der Waals surface area (Å²) in [7, 11) is -2.84.